The molecule has 110 valence electrons. The van der Waals surface area contributed by atoms with Crippen LogP contribution in [0.4, 0.5) is 0 Å². The number of nitrogens with zero attached hydrogens (tertiary/aromatic N) is 1. The van der Waals surface area contributed by atoms with Crippen molar-refractivity contribution in [2.75, 3.05) is 18.8 Å². The fourth-order valence-electron chi connectivity index (χ4n) is 2.37. The van der Waals surface area contributed by atoms with Crippen molar-refractivity contribution in [2.45, 2.75) is 24.5 Å². The summed E-state index contributed by atoms with van der Waals surface area (Å²) in [6.45, 7) is 4.42. The molecule has 1 saturated heterocycles. The molecule has 4 nitrogen and oxygen atoms in total. The van der Waals surface area contributed by atoms with Crippen LogP contribution < -0.4 is 0 Å². The molecule has 20 heavy (non-hydrogen) atoms. The summed E-state index contributed by atoms with van der Waals surface area (Å²) < 4.78 is 24.7. The molecule has 2 rings (SSSR count). The van der Waals surface area contributed by atoms with Gasteiger partial charge in [-0.25, -0.2) is 8.42 Å². The summed E-state index contributed by atoms with van der Waals surface area (Å²) in [6.07, 6.45) is 3.24. The Morgan fingerprint density at radius 1 is 1.50 bits per heavy atom. The maximum absolute atomic E-state index is 12.3. The number of sulfone groups is 1. The molecule has 0 aliphatic carbocycles. The highest BCUT2D eigenvalue weighted by atomic mass is 32.2. The van der Waals surface area contributed by atoms with Crippen molar-refractivity contribution in [2.24, 2.45) is 0 Å². The Labute approximate surface area is 124 Å². The first-order valence-corrected chi connectivity index (χ1v) is 9.28. The molecule has 0 saturated carbocycles. The Bertz CT molecular complexity index is 563. The molecule has 1 fully saturated rings. The van der Waals surface area contributed by atoms with E-state index in [0.29, 0.717) is 32.4 Å². The zero-order valence-corrected chi connectivity index (χ0v) is 13.0. The van der Waals surface area contributed by atoms with E-state index in [1.807, 2.05) is 17.5 Å². The molecule has 1 aromatic rings. The van der Waals surface area contributed by atoms with Gasteiger partial charge in [-0.3, -0.25) is 4.79 Å². The van der Waals surface area contributed by atoms with Crippen molar-refractivity contribution in [1.29, 1.82) is 0 Å². The van der Waals surface area contributed by atoms with E-state index < -0.39 is 15.1 Å². The SMILES string of the molecule is C=CCCC(=O)N1CCC(c2cccs2)S(=O)(=O)CC1. The third-order valence-electron chi connectivity index (χ3n) is 3.52. The molecule has 1 aromatic heterocycles. The lowest BCUT2D eigenvalue weighted by Gasteiger charge is -2.19. The van der Waals surface area contributed by atoms with Crippen LogP contribution >= 0.6 is 11.3 Å². The van der Waals surface area contributed by atoms with Crippen molar-refractivity contribution in [3.63, 3.8) is 0 Å². The molecule has 2 heterocycles. The molecule has 1 atom stereocenters. The Morgan fingerprint density at radius 3 is 2.95 bits per heavy atom. The van der Waals surface area contributed by atoms with E-state index in [2.05, 4.69) is 6.58 Å². The number of thiophene rings is 1. The summed E-state index contributed by atoms with van der Waals surface area (Å²) in [7, 11) is -3.17. The van der Waals surface area contributed by atoms with Gasteiger partial charge in [0.15, 0.2) is 9.84 Å². The summed E-state index contributed by atoms with van der Waals surface area (Å²) in [6, 6.07) is 3.73. The Kier molecular flexibility index (Phi) is 4.99. The molecular formula is C14H19NO3S2. The first kappa shape index (κ1) is 15.3. The van der Waals surface area contributed by atoms with Crippen LogP contribution in [0.3, 0.4) is 0 Å². The molecule has 1 unspecified atom stereocenters. The minimum absolute atomic E-state index is 0.0203. The van der Waals surface area contributed by atoms with E-state index in [-0.39, 0.29) is 11.7 Å². The number of carbonyl (C=O) groups is 1. The van der Waals surface area contributed by atoms with E-state index >= 15 is 0 Å². The lowest BCUT2D eigenvalue weighted by molar-refractivity contribution is -0.130. The van der Waals surface area contributed by atoms with E-state index in [1.54, 1.807) is 11.0 Å². The number of hydrogen-bond acceptors (Lipinski definition) is 4. The largest absolute Gasteiger partial charge is 0.342 e. The van der Waals surface area contributed by atoms with Gasteiger partial charge in [-0.05, 0) is 24.3 Å². The average molecular weight is 313 g/mol. The first-order valence-electron chi connectivity index (χ1n) is 6.68. The maximum atomic E-state index is 12.3. The molecule has 0 aromatic carbocycles. The van der Waals surface area contributed by atoms with E-state index in [9.17, 15) is 13.2 Å². The molecule has 1 aliphatic heterocycles. The van der Waals surface area contributed by atoms with Crippen LogP contribution in [0.1, 0.15) is 29.4 Å². The molecule has 0 N–H and O–H groups in total. The molecular weight excluding hydrogens is 294 g/mol. The zero-order valence-electron chi connectivity index (χ0n) is 11.3. The molecule has 0 radical (unpaired) electrons. The Morgan fingerprint density at radius 2 is 2.30 bits per heavy atom. The van der Waals surface area contributed by atoms with Gasteiger partial charge in [0.05, 0.1) is 11.0 Å². The van der Waals surface area contributed by atoms with Crippen molar-refractivity contribution in [3.05, 3.63) is 35.0 Å². The zero-order chi connectivity index (χ0) is 14.6. The van der Waals surface area contributed by atoms with Gasteiger partial charge in [-0.15, -0.1) is 17.9 Å². The summed E-state index contributed by atoms with van der Waals surface area (Å²) in [5.74, 6) is 0.0713. The van der Waals surface area contributed by atoms with Gasteiger partial charge < -0.3 is 4.90 Å². The number of hydrogen-bond donors (Lipinski definition) is 0. The molecule has 1 amide bonds. The van der Waals surface area contributed by atoms with Crippen LogP contribution in [-0.2, 0) is 14.6 Å². The first-order chi connectivity index (χ1) is 9.54. The summed E-state index contributed by atoms with van der Waals surface area (Å²) in [5.41, 5.74) is 0. The Hall–Kier alpha value is -1.14. The van der Waals surface area contributed by atoms with Crippen LogP contribution in [0.2, 0.25) is 0 Å². The summed E-state index contributed by atoms with van der Waals surface area (Å²) in [5, 5.41) is 1.43. The lowest BCUT2D eigenvalue weighted by atomic mass is 10.2. The highest BCUT2D eigenvalue weighted by Gasteiger charge is 2.32. The average Bonchev–Trinajstić information content (AvgIpc) is 2.88. The normalized spacial score (nSPS) is 22.2. The van der Waals surface area contributed by atoms with Gasteiger partial charge in [0.25, 0.3) is 0 Å². The summed E-state index contributed by atoms with van der Waals surface area (Å²) in [4.78, 5) is 14.6. The molecule has 0 bridgehead atoms. The van der Waals surface area contributed by atoms with Gasteiger partial charge in [0.1, 0.15) is 0 Å². The van der Waals surface area contributed by atoms with Crippen molar-refractivity contribution in [1.82, 2.24) is 4.90 Å². The van der Waals surface area contributed by atoms with Crippen LogP contribution in [-0.4, -0.2) is 38.1 Å². The number of carbonyl (C=O) groups excluding carboxylic acids is 1. The van der Waals surface area contributed by atoms with Crippen LogP contribution in [0.25, 0.3) is 0 Å². The standard InChI is InChI=1S/C14H19NO3S2/c1-2-3-6-14(16)15-8-7-13(12-5-4-10-19-12)20(17,18)11-9-15/h2,4-5,10,13H,1,3,6-9,11H2. The van der Waals surface area contributed by atoms with E-state index in [0.717, 1.165) is 4.88 Å². The van der Waals surface area contributed by atoms with Crippen LogP contribution in [0, 0.1) is 0 Å². The van der Waals surface area contributed by atoms with Gasteiger partial charge in [0, 0.05) is 24.4 Å². The van der Waals surface area contributed by atoms with Crippen molar-refractivity contribution in [3.8, 4) is 0 Å². The second-order valence-electron chi connectivity index (χ2n) is 4.87. The predicted molar refractivity (Wildman–Crippen MR) is 81.5 cm³/mol. The summed E-state index contributed by atoms with van der Waals surface area (Å²) >= 11 is 1.47. The van der Waals surface area contributed by atoms with Crippen LogP contribution in [0.5, 0.6) is 0 Å². The van der Waals surface area contributed by atoms with E-state index in [1.165, 1.54) is 11.3 Å². The van der Waals surface area contributed by atoms with E-state index in [4.69, 9.17) is 0 Å². The van der Waals surface area contributed by atoms with Gasteiger partial charge in [-0.1, -0.05) is 12.1 Å². The minimum atomic E-state index is -3.17. The van der Waals surface area contributed by atoms with Gasteiger partial charge in [-0.2, -0.15) is 0 Å². The third kappa shape index (κ3) is 3.49. The second-order valence-corrected chi connectivity index (χ2v) is 8.15. The minimum Gasteiger partial charge on any atom is -0.342 e. The highest BCUT2D eigenvalue weighted by molar-refractivity contribution is 7.91. The quantitative estimate of drug-likeness (QED) is 0.802. The maximum Gasteiger partial charge on any atom is 0.222 e. The Balaban J connectivity index is 2.10. The van der Waals surface area contributed by atoms with Crippen molar-refractivity contribution < 1.29 is 13.2 Å². The fraction of sp³-hybridized carbons (Fsp3) is 0.500. The highest BCUT2D eigenvalue weighted by Crippen LogP contribution is 2.32. The smallest absolute Gasteiger partial charge is 0.222 e. The topological polar surface area (TPSA) is 54.5 Å². The molecule has 0 spiro atoms. The number of amides is 1. The second kappa shape index (κ2) is 6.54. The van der Waals surface area contributed by atoms with Gasteiger partial charge in [0.2, 0.25) is 5.91 Å². The lowest BCUT2D eigenvalue weighted by Crippen LogP contribution is -2.33. The van der Waals surface area contributed by atoms with Gasteiger partial charge >= 0.3 is 0 Å². The molecule has 6 heteroatoms. The van der Waals surface area contributed by atoms with Crippen LogP contribution in [0.15, 0.2) is 30.2 Å². The predicted octanol–water partition coefficient (Wildman–Crippen LogP) is 2.40. The third-order valence-corrected chi connectivity index (χ3v) is 6.76. The monoisotopic (exact) mass is 313 g/mol. The van der Waals surface area contributed by atoms with Crippen molar-refractivity contribution >= 4 is 27.1 Å². The fourth-order valence-corrected chi connectivity index (χ4v) is 5.37. The number of allylic oxidation sites excluding steroid dienone is 1. The number of rotatable bonds is 4. The molecule has 1 aliphatic rings.